The number of carbonyl (C=O) groups is 2. The van der Waals surface area contributed by atoms with E-state index >= 15 is 0 Å². The highest BCUT2D eigenvalue weighted by atomic mass is 16.5. The molecule has 0 unspecified atom stereocenters. The van der Waals surface area contributed by atoms with Crippen LogP contribution < -0.4 is 5.73 Å². The summed E-state index contributed by atoms with van der Waals surface area (Å²) < 4.78 is 4.69. The van der Waals surface area contributed by atoms with Crippen molar-refractivity contribution in [2.24, 2.45) is 5.73 Å². The molecule has 0 aliphatic heterocycles. The van der Waals surface area contributed by atoms with Gasteiger partial charge in [-0.05, 0) is 19.3 Å². The van der Waals surface area contributed by atoms with Gasteiger partial charge in [-0.1, -0.05) is 0 Å². The van der Waals surface area contributed by atoms with E-state index < -0.39 is 0 Å². The molecule has 1 amide bonds. The lowest BCUT2D eigenvalue weighted by molar-refractivity contribution is -0.141. The maximum Gasteiger partial charge on any atom is 0.302 e. The molecule has 0 rings (SSSR count). The van der Waals surface area contributed by atoms with Gasteiger partial charge in [0.1, 0.15) is 0 Å². The van der Waals surface area contributed by atoms with Gasteiger partial charge in [0.15, 0.2) is 0 Å². The van der Waals surface area contributed by atoms with Crippen molar-refractivity contribution in [1.82, 2.24) is 0 Å². The highest BCUT2D eigenvalue weighted by Gasteiger charge is 1.95. The Hall–Kier alpha value is -1.06. The van der Waals surface area contributed by atoms with Gasteiger partial charge >= 0.3 is 5.97 Å². The smallest absolute Gasteiger partial charge is 0.302 e. The van der Waals surface area contributed by atoms with E-state index in [4.69, 9.17) is 10.5 Å². The van der Waals surface area contributed by atoms with E-state index in [-0.39, 0.29) is 11.9 Å². The summed E-state index contributed by atoms with van der Waals surface area (Å²) >= 11 is 0. The lowest BCUT2D eigenvalue weighted by Crippen LogP contribution is -2.09. The number of primary amides is 1. The molecule has 0 aliphatic carbocycles. The molecular formula is C8H15NO3. The van der Waals surface area contributed by atoms with Crippen molar-refractivity contribution >= 4 is 11.9 Å². The first-order valence-corrected chi connectivity index (χ1v) is 4.04. The second-order valence-electron chi connectivity index (χ2n) is 2.62. The van der Waals surface area contributed by atoms with Crippen molar-refractivity contribution in [2.45, 2.75) is 32.6 Å². The van der Waals surface area contributed by atoms with E-state index in [0.717, 1.165) is 19.3 Å². The third kappa shape index (κ3) is 8.94. The molecule has 0 heterocycles. The van der Waals surface area contributed by atoms with Gasteiger partial charge in [0.25, 0.3) is 0 Å². The summed E-state index contributed by atoms with van der Waals surface area (Å²) in [5.41, 5.74) is 4.93. The summed E-state index contributed by atoms with van der Waals surface area (Å²) in [5, 5.41) is 0. The largest absolute Gasteiger partial charge is 0.466 e. The van der Waals surface area contributed by atoms with Crippen LogP contribution >= 0.6 is 0 Å². The molecular weight excluding hydrogens is 158 g/mol. The van der Waals surface area contributed by atoms with Crippen molar-refractivity contribution in [3.63, 3.8) is 0 Å². The molecule has 0 aromatic carbocycles. The SMILES string of the molecule is CC(=O)OCCCCCC(N)=O. The van der Waals surface area contributed by atoms with Crippen LogP contribution in [0.1, 0.15) is 32.6 Å². The van der Waals surface area contributed by atoms with Crippen molar-refractivity contribution in [3.8, 4) is 0 Å². The molecule has 0 aliphatic rings. The van der Waals surface area contributed by atoms with Crippen molar-refractivity contribution in [3.05, 3.63) is 0 Å². The second-order valence-corrected chi connectivity index (χ2v) is 2.62. The Labute approximate surface area is 72.1 Å². The first-order chi connectivity index (χ1) is 5.63. The maximum atomic E-state index is 10.3. The van der Waals surface area contributed by atoms with Crippen LogP contribution in [0.3, 0.4) is 0 Å². The maximum absolute atomic E-state index is 10.3. The Kier molecular flexibility index (Phi) is 6.05. The fourth-order valence-electron chi connectivity index (χ4n) is 0.794. The minimum absolute atomic E-state index is 0.259. The van der Waals surface area contributed by atoms with Gasteiger partial charge in [-0.15, -0.1) is 0 Å². The Morgan fingerprint density at radius 2 is 1.92 bits per heavy atom. The van der Waals surface area contributed by atoms with E-state index in [1.807, 2.05) is 0 Å². The van der Waals surface area contributed by atoms with Crippen LogP contribution in [0.4, 0.5) is 0 Å². The Balaban J connectivity index is 3.01. The number of unbranched alkanes of at least 4 members (excludes halogenated alkanes) is 2. The van der Waals surface area contributed by atoms with E-state index in [0.29, 0.717) is 13.0 Å². The first kappa shape index (κ1) is 10.9. The summed E-state index contributed by atoms with van der Waals surface area (Å²) in [6.07, 6.45) is 2.86. The molecule has 0 aromatic rings. The summed E-state index contributed by atoms with van der Waals surface area (Å²) in [7, 11) is 0. The van der Waals surface area contributed by atoms with E-state index in [2.05, 4.69) is 0 Å². The third-order valence-corrected chi connectivity index (χ3v) is 1.37. The summed E-state index contributed by atoms with van der Waals surface area (Å²) in [4.78, 5) is 20.6. The molecule has 0 bridgehead atoms. The van der Waals surface area contributed by atoms with Crippen LogP contribution in [0.2, 0.25) is 0 Å². The zero-order valence-electron chi connectivity index (χ0n) is 7.34. The number of hydrogen-bond acceptors (Lipinski definition) is 3. The molecule has 0 aromatic heterocycles. The Bertz CT molecular complexity index is 138. The van der Waals surface area contributed by atoms with Crippen molar-refractivity contribution in [2.75, 3.05) is 6.61 Å². The Morgan fingerprint density at radius 1 is 1.25 bits per heavy atom. The summed E-state index contributed by atoms with van der Waals surface area (Å²) in [5.74, 6) is -0.535. The number of ether oxygens (including phenoxy) is 1. The number of rotatable bonds is 6. The van der Waals surface area contributed by atoms with E-state index in [1.54, 1.807) is 0 Å². The van der Waals surface area contributed by atoms with Crippen LogP contribution in [0.15, 0.2) is 0 Å². The fourth-order valence-corrected chi connectivity index (χ4v) is 0.794. The molecule has 4 nitrogen and oxygen atoms in total. The molecule has 0 saturated heterocycles. The molecule has 0 saturated carbocycles. The van der Waals surface area contributed by atoms with Gasteiger partial charge in [0, 0.05) is 13.3 Å². The molecule has 12 heavy (non-hydrogen) atoms. The zero-order valence-corrected chi connectivity index (χ0v) is 7.34. The quantitative estimate of drug-likeness (QED) is 0.472. The number of amides is 1. The molecule has 4 heteroatoms. The summed E-state index contributed by atoms with van der Waals surface area (Å²) in [6.45, 7) is 1.82. The van der Waals surface area contributed by atoms with Gasteiger partial charge in [-0.3, -0.25) is 9.59 Å². The minimum Gasteiger partial charge on any atom is -0.466 e. The van der Waals surface area contributed by atoms with E-state index in [9.17, 15) is 9.59 Å². The predicted octanol–water partition coefficient (Wildman–Crippen LogP) is 0.595. The highest BCUT2D eigenvalue weighted by Crippen LogP contribution is 1.99. The normalized spacial score (nSPS) is 9.42. The van der Waals surface area contributed by atoms with Crippen LogP contribution in [0, 0.1) is 0 Å². The average Bonchev–Trinajstić information content (AvgIpc) is 1.95. The monoisotopic (exact) mass is 173 g/mol. The second kappa shape index (κ2) is 6.64. The lowest BCUT2D eigenvalue weighted by atomic mass is 10.2. The summed E-state index contributed by atoms with van der Waals surface area (Å²) in [6, 6.07) is 0. The number of nitrogens with two attached hydrogens (primary N) is 1. The molecule has 0 spiro atoms. The molecule has 0 atom stereocenters. The average molecular weight is 173 g/mol. The van der Waals surface area contributed by atoms with Gasteiger partial charge < -0.3 is 10.5 Å². The number of carbonyl (C=O) groups excluding carboxylic acids is 2. The van der Waals surface area contributed by atoms with Gasteiger partial charge in [-0.25, -0.2) is 0 Å². The van der Waals surface area contributed by atoms with Crippen molar-refractivity contribution < 1.29 is 14.3 Å². The zero-order chi connectivity index (χ0) is 9.40. The van der Waals surface area contributed by atoms with Gasteiger partial charge in [0.2, 0.25) is 5.91 Å². The number of esters is 1. The lowest BCUT2D eigenvalue weighted by Gasteiger charge is -2.00. The molecule has 0 radical (unpaired) electrons. The number of hydrogen-bond donors (Lipinski definition) is 1. The molecule has 70 valence electrons. The topological polar surface area (TPSA) is 69.4 Å². The third-order valence-electron chi connectivity index (χ3n) is 1.37. The predicted molar refractivity (Wildman–Crippen MR) is 44.3 cm³/mol. The fraction of sp³-hybridized carbons (Fsp3) is 0.750. The minimum atomic E-state index is -0.275. The van der Waals surface area contributed by atoms with Gasteiger partial charge in [0.05, 0.1) is 6.61 Å². The Morgan fingerprint density at radius 3 is 2.42 bits per heavy atom. The van der Waals surface area contributed by atoms with Crippen LogP contribution in [0.25, 0.3) is 0 Å². The first-order valence-electron chi connectivity index (χ1n) is 4.04. The molecule has 2 N–H and O–H groups in total. The van der Waals surface area contributed by atoms with Crippen LogP contribution in [0.5, 0.6) is 0 Å². The van der Waals surface area contributed by atoms with Crippen LogP contribution in [-0.2, 0) is 14.3 Å². The highest BCUT2D eigenvalue weighted by molar-refractivity contribution is 5.73. The van der Waals surface area contributed by atoms with E-state index in [1.165, 1.54) is 6.92 Å². The molecule has 0 fully saturated rings. The standard InChI is InChI=1S/C8H15NO3/c1-7(10)12-6-4-2-3-5-8(9)11/h2-6H2,1H3,(H2,9,11). The van der Waals surface area contributed by atoms with Crippen molar-refractivity contribution in [1.29, 1.82) is 0 Å². The van der Waals surface area contributed by atoms with Crippen LogP contribution in [-0.4, -0.2) is 18.5 Å². The van der Waals surface area contributed by atoms with Gasteiger partial charge in [-0.2, -0.15) is 0 Å².